The van der Waals surface area contributed by atoms with E-state index in [4.69, 9.17) is 25.1 Å². The maximum atomic E-state index is 12.2. The molecule has 0 amide bonds. The van der Waals surface area contributed by atoms with Gasteiger partial charge in [-0.3, -0.25) is 4.84 Å². The minimum atomic E-state index is -4.11. The third-order valence-electron chi connectivity index (χ3n) is 3.20. The maximum absolute atomic E-state index is 12.2. The summed E-state index contributed by atoms with van der Waals surface area (Å²) in [4.78, 5) is 17.2. The Morgan fingerprint density at radius 1 is 1.16 bits per heavy atom. The number of carbonyl (C=O) groups is 1. The van der Waals surface area contributed by atoms with Crippen LogP contribution in [0.4, 0.5) is 0 Å². The van der Waals surface area contributed by atoms with E-state index in [-0.39, 0.29) is 12.4 Å². The average Bonchev–Trinajstić information content (AvgIpc) is 2.57. The fraction of sp³-hybridized carbons (Fsp3) is 0.235. The Balaban J connectivity index is 1.83. The second kappa shape index (κ2) is 9.02. The van der Waals surface area contributed by atoms with Gasteiger partial charge < -0.3 is 9.05 Å². The number of carbonyl (C=O) groups excluding carboxylic acids is 1. The number of aryl methyl sites for hydroxylation is 1. The van der Waals surface area contributed by atoms with Crippen molar-refractivity contribution >= 4 is 24.2 Å². The van der Waals surface area contributed by atoms with Crippen LogP contribution >= 0.6 is 18.2 Å². The van der Waals surface area contributed by atoms with E-state index < -0.39 is 19.0 Å². The minimum absolute atomic E-state index is 0.261. The number of rotatable bonds is 8. The van der Waals surface area contributed by atoms with E-state index in [9.17, 15) is 9.36 Å². The van der Waals surface area contributed by atoms with Crippen LogP contribution in [0, 0.1) is 6.92 Å². The van der Waals surface area contributed by atoms with Gasteiger partial charge in [0.2, 0.25) is 0 Å². The van der Waals surface area contributed by atoms with Crippen molar-refractivity contribution in [3.8, 4) is 5.75 Å². The van der Waals surface area contributed by atoms with E-state index in [1.165, 1.54) is 6.92 Å². The van der Waals surface area contributed by atoms with Gasteiger partial charge in [-0.25, -0.2) is 9.36 Å². The summed E-state index contributed by atoms with van der Waals surface area (Å²) in [6, 6.07) is 15.4. The zero-order valence-corrected chi connectivity index (χ0v) is 15.5. The van der Waals surface area contributed by atoms with Gasteiger partial charge >= 0.3 is 12.9 Å². The Morgan fingerprint density at radius 3 is 2.48 bits per heavy atom. The van der Waals surface area contributed by atoms with Crippen molar-refractivity contribution < 1.29 is 23.2 Å². The molecule has 0 heterocycles. The molecule has 2 aromatic rings. The highest BCUT2D eigenvalue weighted by atomic mass is 35.7. The number of nitrogens with one attached hydrogen (secondary N) is 1. The highest BCUT2D eigenvalue weighted by Crippen LogP contribution is 2.54. The van der Waals surface area contributed by atoms with Gasteiger partial charge in [-0.05, 0) is 31.0 Å². The van der Waals surface area contributed by atoms with Gasteiger partial charge in [0.25, 0.3) is 0 Å². The number of hydrogen-bond acceptors (Lipinski definition) is 6. The molecule has 0 saturated carbocycles. The molecule has 2 atom stereocenters. The second-order valence-corrected chi connectivity index (χ2v) is 7.78. The molecular formula is C17H19ClNO5P. The number of hydroxylamine groups is 1. The van der Waals surface area contributed by atoms with Gasteiger partial charge in [0.05, 0.1) is 6.61 Å². The van der Waals surface area contributed by atoms with Crippen molar-refractivity contribution in [2.75, 3.05) is 0 Å². The molecule has 0 fully saturated rings. The van der Waals surface area contributed by atoms with Crippen LogP contribution in [-0.2, 0) is 25.3 Å². The van der Waals surface area contributed by atoms with Gasteiger partial charge in [0.1, 0.15) is 11.8 Å². The molecule has 0 aromatic heterocycles. The topological polar surface area (TPSA) is 73.9 Å². The Kier molecular flexibility index (Phi) is 7.02. The lowest BCUT2D eigenvalue weighted by molar-refractivity contribution is -0.141. The number of para-hydroxylation sites is 1. The van der Waals surface area contributed by atoms with Crippen LogP contribution in [0.25, 0.3) is 0 Å². The number of hydrogen-bond donors (Lipinski definition) is 1. The highest BCUT2D eigenvalue weighted by molar-refractivity contribution is 7.82. The maximum Gasteiger partial charge on any atom is 0.532 e. The lowest BCUT2D eigenvalue weighted by atomic mass is 10.2. The molecular weight excluding hydrogens is 365 g/mol. The van der Waals surface area contributed by atoms with Crippen LogP contribution in [0.2, 0.25) is 0 Å². The summed E-state index contributed by atoms with van der Waals surface area (Å²) in [5, 5.41) is 0. The molecule has 134 valence electrons. The molecule has 25 heavy (non-hydrogen) atoms. The average molecular weight is 384 g/mol. The molecule has 0 radical (unpaired) electrons. The molecule has 0 aliphatic rings. The van der Waals surface area contributed by atoms with Crippen molar-refractivity contribution in [2.24, 2.45) is 0 Å². The zero-order chi connectivity index (χ0) is 18.3. The fourth-order valence-corrected chi connectivity index (χ4v) is 3.13. The molecule has 1 N–H and O–H groups in total. The molecule has 0 aliphatic heterocycles. The molecule has 0 saturated heterocycles. The van der Waals surface area contributed by atoms with Crippen molar-refractivity contribution in [1.29, 1.82) is 0 Å². The van der Waals surface area contributed by atoms with Crippen molar-refractivity contribution in [2.45, 2.75) is 26.5 Å². The predicted molar refractivity (Wildman–Crippen MR) is 95.2 cm³/mol. The molecule has 2 aromatic carbocycles. The summed E-state index contributed by atoms with van der Waals surface area (Å²) in [5.74, 6) is -0.561. The standard InChI is InChI=1S/C17H19ClNO5P/c1-13-8-6-7-11-16(13)23-25(18,21)24-17(20)14(2)19-22-12-15-9-4-3-5-10-15/h3-11,14,19H,12H2,1-2H3/t14-,25?/m0/s1. The normalized spacial score (nSPS) is 14.4. The summed E-state index contributed by atoms with van der Waals surface area (Å²) < 4.78 is 22.1. The van der Waals surface area contributed by atoms with Crippen molar-refractivity contribution in [3.05, 3.63) is 65.7 Å². The first-order valence-electron chi connectivity index (χ1n) is 7.57. The zero-order valence-electron chi connectivity index (χ0n) is 13.8. The van der Waals surface area contributed by atoms with Crippen molar-refractivity contribution in [1.82, 2.24) is 5.48 Å². The summed E-state index contributed by atoms with van der Waals surface area (Å²) in [5.41, 5.74) is 4.17. The second-order valence-electron chi connectivity index (χ2n) is 5.31. The van der Waals surface area contributed by atoms with Gasteiger partial charge in [-0.2, -0.15) is 5.48 Å². The Morgan fingerprint density at radius 2 is 1.80 bits per heavy atom. The Labute approximate surface area is 151 Å². The van der Waals surface area contributed by atoms with E-state index in [0.29, 0.717) is 0 Å². The lowest BCUT2D eigenvalue weighted by Gasteiger charge is -2.17. The first-order valence-corrected chi connectivity index (χ1v) is 10.0. The van der Waals surface area contributed by atoms with E-state index in [0.717, 1.165) is 11.1 Å². The SMILES string of the molecule is Cc1ccccc1OP(=O)(Cl)OC(=O)[C@H](C)NOCc1ccccc1. The molecule has 6 nitrogen and oxygen atoms in total. The summed E-state index contributed by atoms with van der Waals surface area (Å²) in [6.07, 6.45) is 0. The van der Waals surface area contributed by atoms with Crippen molar-refractivity contribution in [3.63, 3.8) is 0 Å². The van der Waals surface area contributed by atoms with Crippen LogP contribution in [0.5, 0.6) is 5.75 Å². The fourth-order valence-electron chi connectivity index (χ4n) is 1.85. The highest BCUT2D eigenvalue weighted by Gasteiger charge is 2.31. The van der Waals surface area contributed by atoms with Gasteiger partial charge in [0, 0.05) is 11.2 Å². The monoisotopic (exact) mass is 383 g/mol. The quantitative estimate of drug-likeness (QED) is 0.539. The first-order chi connectivity index (χ1) is 11.9. The summed E-state index contributed by atoms with van der Waals surface area (Å²) in [7, 11) is 0. The molecule has 1 unspecified atom stereocenters. The molecule has 2 rings (SSSR count). The number of halogens is 1. The lowest BCUT2D eigenvalue weighted by Crippen LogP contribution is -2.34. The molecule has 0 spiro atoms. The van der Waals surface area contributed by atoms with E-state index in [1.54, 1.807) is 31.2 Å². The number of benzene rings is 2. The van der Waals surface area contributed by atoms with E-state index in [1.807, 2.05) is 30.3 Å². The summed E-state index contributed by atoms with van der Waals surface area (Å²) in [6.45, 7) is -0.596. The van der Waals surface area contributed by atoms with Gasteiger partial charge in [-0.15, -0.1) is 0 Å². The Bertz CT molecular complexity index is 756. The van der Waals surface area contributed by atoms with Crippen LogP contribution < -0.4 is 10.0 Å². The molecule has 0 bridgehead atoms. The third kappa shape index (κ3) is 6.52. The van der Waals surface area contributed by atoms with Crippen LogP contribution in [0.3, 0.4) is 0 Å². The first kappa shape index (κ1) is 19.5. The van der Waals surface area contributed by atoms with Crippen LogP contribution in [0.15, 0.2) is 54.6 Å². The predicted octanol–water partition coefficient (Wildman–Crippen LogP) is 4.37. The largest absolute Gasteiger partial charge is 0.532 e. The van der Waals surface area contributed by atoms with E-state index in [2.05, 4.69) is 5.48 Å². The van der Waals surface area contributed by atoms with Crippen LogP contribution in [-0.4, -0.2) is 12.0 Å². The van der Waals surface area contributed by atoms with Gasteiger partial charge in [-0.1, -0.05) is 48.5 Å². The molecule has 8 heteroatoms. The third-order valence-corrected chi connectivity index (χ3v) is 4.42. The Hall–Kier alpha value is -1.85. The van der Waals surface area contributed by atoms with E-state index >= 15 is 0 Å². The smallest absolute Gasteiger partial charge is 0.404 e. The molecule has 0 aliphatic carbocycles. The minimum Gasteiger partial charge on any atom is -0.404 e. The van der Waals surface area contributed by atoms with Gasteiger partial charge in [0.15, 0.2) is 0 Å². The summed E-state index contributed by atoms with van der Waals surface area (Å²) >= 11 is 5.73. The van der Waals surface area contributed by atoms with Crippen LogP contribution in [0.1, 0.15) is 18.1 Å².